The van der Waals surface area contributed by atoms with Gasteiger partial charge in [0.2, 0.25) is 0 Å². The second-order valence-corrected chi connectivity index (χ2v) is 31.1. The Morgan fingerprint density at radius 3 is 1.29 bits per heavy atom. The minimum Gasteiger partial charge on any atom is -0.453 e. The molecule has 15 aromatic heterocycles. The number of pyridine rings is 1. The average Bonchev–Trinajstić information content (AvgIpc) is 1.65. The topological polar surface area (TPSA) is 233 Å². The van der Waals surface area contributed by atoms with Gasteiger partial charge < -0.3 is 13.3 Å². The van der Waals surface area contributed by atoms with E-state index < -0.39 is 0 Å². The van der Waals surface area contributed by atoms with Crippen LogP contribution in [0, 0.1) is 0 Å². The zero-order valence-electron chi connectivity index (χ0n) is 60.2. The van der Waals surface area contributed by atoms with Crippen molar-refractivity contribution in [1.29, 1.82) is 0 Å². The molecule has 0 fully saturated rings. The highest BCUT2D eigenvalue weighted by Gasteiger charge is 2.16. The van der Waals surface area contributed by atoms with Crippen LogP contribution in [0.1, 0.15) is 0 Å². The summed E-state index contributed by atoms with van der Waals surface area (Å²) in [6, 6.07) is 79.4. The molecular weight excluding hydrogens is 1500 g/mol. The predicted octanol–water partition coefficient (Wildman–Crippen LogP) is 24.8. The Morgan fingerprint density at radius 2 is 0.617 bits per heavy atom. The van der Waals surface area contributed by atoms with Gasteiger partial charge in [-0.3, -0.25) is 4.98 Å². The van der Waals surface area contributed by atoms with Crippen LogP contribution in [0.3, 0.4) is 0 Å². The summed E-state index contributed by atoms with van der Waals surface area (Å²) in [7, 11) is 0. The van der Waals surface area contributed by atoms with E-state index in [9.17, 15) is 0 Å². The summed E-state index contributed by atoms with van der Waals surface area (Å²) in [5, 5.41) is 21.5. The third-order valence-electron chi connectivity index (χ3n) is 20.0. The lowest BCUT2D eigenvalue weighted by Gasteiger charge is -1.98. The number of rotatable bonds is 0. The van der Waals surface area contributed by atoms with E-state index in [1.165, 1.54) is 89.5 Å². The van der Waals surface area contributed by atoms with Crippen LogP contribution in [-0.2, 0) is 0 Å². The summed E-state index contributed by atoms with van der Waals surface area (Å²) in [6.07, 6.45) is 25.5. The summed E-state index contributed by atoms with van der Waals surface area (Å²) < 4.78 is 26.9. The Morgan fingerprint density at radius 1 is 0.200 bits per heavy atom. The molecule has 0 amide bonds. The number of fused-ring (bicyclic) bond motifs is 31. The second kappa shape index (κ2) is 29.5. The lowest BCUT2D eigenvalue weighted by molar-refractivity contribution is 0.665. The van der Waals surface area contributed by atoms with Crippen LogP contribution >= 0.6 is 45.3 Å². The first-order valence-electron chi connectivity index (χ1n) is 36.5. The van der Waals surface area contributed by atoms with Gasteiger partial charge in [-0.1, -0.05) is 176 Å². The van der Waals surface area contributed by atoms with Crippen molar-refractivity contribution in [3.63, 3.8) is 0 Å². The molecule has 0 aliphatic carbocycles. The molecule has 0 spiro atoms. The monoisotopic (exact) mass is 1560 g/mol. The van der Waals surface area contributed by atoms with Crippen molar-refractivity contribution in [3.05, 3.63) is 324 Å². The first kappa shape index (κ1) is 68.2. The maximum absolute atomic E-state index is 5.84. The molecule has 542 valence electrons. The Bertz CT molecular complexity index is 7820. The van der Waals surface area contributed by atoms with Gasteiger partial charge in [-0.25, -0.2) is 69.8 Å². The van der Waals surface area contributed by atoms with Gasteiger partial charge in [0, 0.05) is 77.4 Å². The maximum atomic E-state index is 5.84. The van der Waals surface area contributed by atoms with Crippen molar-refractivity contribution in [3.8, 4) is 0 Å². The Labute approximate surface area is 665 Å². The van der Waals surface area contributed by atoms with Crippen molar-refractivity contribution in [2.75, 3.05) is 0 Å². The van der Waals surface area contributed by atoms with Gasteiger partial charge in [-0.05, 0) is 114 Å². The molecule has 0 unspecified atom stereocenters. The van der Waals surface area contributed by atoms with E-state index in [1.807, 2.05) is 79.4 Å². The lowest BCUT2D eigenvalue weighted by Crippen LogP contribution is -1.77. The number of hydrogen-bond acceptors (Lipinski definition) is 22. The number of hydrogen-bond donors (Lipinski definition) is 0. The van der Waals surface area contributed by atoms with Crippen molar-refractivity contribution in [2.24, 2.45) is 0 Å². The number of furan rings is 3. The third-order valence-corrected chi connectivity index (χ3v) is 24.4. The van der Waals surface area contributed by atoms with Crippen molar-refractivity contribution >= 4 is 258 Å². The van der Waals surface area contributed by atoms with Crippen molar-refractivity contribution < 1.29 is 13.3 Å². The lowest BCUT2D eigenvalue weighted by atomic mass is 10.1. The van der Waals surface area contributed by atoms with E-state index >= 15 is 0 Å². The zero-order valence-corrected chi connectivity index (χ0v) is 63.4. The van der Waals surface area contributed by atoms with E-state index in [0.717, 1.165) is 123 Å². The summed E-state index contributed by atoms with van der Waals surface area (Å²) in [5.74, 6) is 0. The highest BCUT2D eigenvalue weighted by molar-refractivity contribution is 7.27. The van der Waals surface area contributed by atoms with E-state index in [-0.39, 0.29) is 0 Å². The predicted molar refractivity (Wildman–Crippen MR) is 470 cm³/mol. The van der Waals surface area contributed by atoms with Gasteiger partial charge >= 0.3 is 0 Å². The van der Waals surface area contributed by atoms with E-state index in [2.05, 4.69) is 251 Å². The Balaban J connectivity index is 0.0000000842. The van der Waals surface area contributed by atoms with E-state index in [4.69, 9.17) is 13.3 Å². The molecule has 0 bridgehead atoms. The quantitative estimate of drug-likeness (QED) is 0.137. The maximum Gasteiger partial charge on any atom is 0.172 e. The first-order chi connectivity index (χ1) is 57.0. The number of benzene rings is 12. The summed E-state index contributed by atoms with van der Waals surface area (Å²) in [4.78, 5) is 62.7. The molecule has 22 heteroatoms. The summed E-state index contributed by atoms with van der Waals surface area (Å²) >= 11 is 6.94. The highest BCUT2D eigenvalue weighted by Crippen LogP contribution is 2.41. The molecule has 27 aromatic rings. The van der Waals surface area contributed by atoms with Crippen LogP contribution in [0.5, 0.6) is 0 Å². The van der Waals surface area contributed by atoms with Gasteiger partial charge in [0.1, 0.15) is 88.6 Å². The number of nitrogens with zero attached hydrogens (tertiary/aromatic N) is 15. The van der Waals surface area contributed by atoms with E-state index in [1.54, 1.807) is 114 Å². The van der Waals surface area contributed by atoms with Crippen LogP contribution < -0.4 is 0 Å². The van der Waals surface area contributed by atoms with Gasteiger partial charge in [0.15, 0.2) is 16.7 Å². The normalized spacial score (nSPS) is 11.5. The van der Waals surface area contributed by atoms with Crippen LogP contribution in [0.4, 0.5) is 0 Å². The average molecular weight is 1560 g/mol. The second-order valence-electron chi connectivity index (χ2n) is 26.8. The van der Waals surface area contributed by atoms with Crippen LogP contribution in [0.15, 0.2) is 338 Å². The smallest absolute Gasteiger partial charge is 0.172 e. The molecular formula is C93H53N15O3S4. The molecule has 12 aromatic carbocycles. The third kappa shape index (κ3) is 12.7. The Hall–Kier alpha value is -14.8. The van der Waals surface area contributed by atoms with Gasteiger partial charge in [0.25, 0.3) is 0 Å². The Kier molecular flexibility index (Phi) is 17.5. The van der Waals surface area contributed by atoms with E-state index in [0.29, 0.717) is 0 Å². The molecule has 0 atom stereocenters. The molecule has 0 N–H and O–H groups in total. The fourth-order valence-corrected chi connectivity index (χ4v) is 19.0. The van der Waals surface area contributed by atoms with Gasteiger partial charge in [0.05, 0.1) is 64.0 Å². The number of aromatic nitrogens is 15. The molecule has 115 heavy (non-hydrogen) atoms. The van der Waals surface area contributed by atoms with Gasteiger partial charge in [-0.2, -0.15) is 0 Å². The standard InChI is InChI=1S/3C14H8N2O.3C14H8N2S.C9H5N3S/c1-2-4-10-6-12-11(5-9(10)3-1)14-13(17-12)7-15-8-16-14;1-2-4-10-9(3-1)5-6-11-13-12(17-14(10)11)7-15-8-16-13;1-2-4-10-9(3-1)5-6-11-13(10)14-12(17-11)7-15-8-16-14;1-2-4-10-6-12-11(5-9(10)3-1)14-13(17-12)7-15-8-16-14;1-2-4-10-9(3-1)5-6-11-13-12(17-14(10)11)7-15-8-16-13;1-2-4-10-9(3-1)5-6-11-13(10)14-12(17-11)7-15-8-16-14;1-2-6-8(11-3-1)9-7(13-6)4-10-5-12-9/h6*1-8H;1-5H. The van der Waals surface area contributed by atoms with Gasteiger partial charge in [-0.15, -0.1) is 45.3 Å². The molecule has 0 saturated heterocycles. The SMILES string of the molecule is c1ccc2c(c1)ccc1c3ncncc3oc21.c1ccc2c(c1)ccc1c3ncncc3sc21.c1ccc2c(c1)ccc1oc3cncnc3c12.c1ccc2c(c1)ccc1sc3cncnc3c12.c1ccc2cc3c(cc2c1)oc1cncnc13.c1ccc2cc3c(cc2c1)sc1cncnc13.c1cnc2c(c1)sc1cncnc12. The fourth-order valence-electron chi connectivity index (χ4n) is 14.8. The zero-order chi connectivity index (χ0) is 76.1. The summed E-state index contributed by atoms with van der Waals surface area (Å²) in [6.45, 7) is 0. The minimum atomic E-state index is 0.734. The van der Waals surface area contributed by atoms with Crippen molar-refractivity contribution in [2.45, 2.75) is 0 Å². The number of thiophene rings is 4. The first-order valence-corrected chi connectivity index (χ1v) is 39.7. The van der Waals surface area contributed by atoms with Crippen LogP contribution in [0.2, 0.25) is 0 Å². The molecule has 0 radical (unpaired) electrons. The van der Waals surface area contributed by atoms with Crippen LogP contribution in [0.25, 0.3) is 212 Å². The highest BCUT2D eigenvalue weighted by atomic mass is 32.1. The van der Waals surface area contributed by atoms with Crippen LogP contribution in [-0.4, -0.2) is 74.8 Å². The molecule has 18 nitrogen and oxygen atoms in total. The fraction of sp³-hybridized carbons (Fsp3) is 0. The van der Waals surface area contributed by atoms with Crippen molar-refractivity contribution in [1.82, 2.24) is 74.8 Å². The summed E-state index contributed by atoms with van der Waals surface area (Å²) in [5.41, 5.74) is 12.6. The molecule has 15 heterocycles. The molecule has 0 saturated carbocycles. The molecule has 0 aliphatic heterocycles. The largest absolute Gasteiger partial charge is 0.453 e. The molecule has 0 aliphatic rings. The minimum absolute atomic E-state index is 0.734. The molecule has 27 rings (SSSR count).